The second kappa shape index (κ2) is 66.0. The molecule has 17 nitrogen and oxygen atoms in total. The van der Waals surface area contributed by atoms with Crippen LogP contribution in [0.15, 0.2) is 0 Å². The highest BCUT2D eigenvalue weighted by atomic mass is 31.2. The zero-order valence-electron chi connectivity index (χ0n) is 60.6. The summed E-state index contributed by atoms with van der Waals surface area (Å²) in [6.45, 7) is 9.55. The number of phosphoric ester groups is 2. The van der Waals surface area contributed by atoms with E-state index in [0.717, 1.165) is 115 Å². The Bertz CT molecular complexity index is 1800. The first kappa shape index (κ1) is 91.1. The van der Waals surface area contributed by atoms with Gasteiger partial charge in [0.15, 0.2) is 12.2 Å². The second-order valence-electron chi connectivity index (χ2n) is 27.6. The number of phosphoric acid groups is 2. The van der Waals surface area contributed by atoms with Crippen molar-refractivity contribution in [1.29, 1.82) is 0 Å². The molecule has 0 fully saturated rings. The predicted octanol–water partition coefficient (Wildman–Crippen LogP) is 21.6. The highest BCUT2D eigenvalue weighted by Crippen LogP contribution is 2.45. The monoisotopic (exact) mass is 1370 g/mol. The van der Waals surface area contributed by atoms with Crippen molar-refractivity contribution in [3.63, 3.8) is 0 Å². The van der Waals surface area contributed by atoms with Gasteiger partial charge in [-0.25, -0.2) is 9.13 Å². The maximum absolute atomic E-state index is 13.1. The molecule has 0 bridgehead atoms. The van der Waals surface area contributed by atoms with Crippen molar-refractivity contribution in [3.8, 4) is 0 Å². The number of esters is 4. The van der Waals surface area contributed by atoms with Crippen LogP contribution >= 0.6 is 15.6 Å². The lowest BCUT2D eigenvalue weighted by Gasteiger charge is -2.21. The molecular weight excluding hydrogens is 1220 g/mol. The minimum absolute atomic E-state index is 0.106. The van der Waals surface area contributed by atoms with Gasteiger partial charge in [-0.3, -0.25) is 37.3 Å². The summed E-state index contributed by atoms with van der Waals surface area (Å²) in [6.07, 6.45) is 52.8. The molecule has 19 heteroatoms. The van der Waals surface area contributed by atoms with Gasteiger partial charge in [0.2, 0.25) is 0 Å². The van der Waals surface area contributed by atoms with Gasteiger partial charge >= 0.3 is 39.5 Å². The predicted molar refractivity (Wildman–Crippen MR) is 377 cm³/mol. The van der Waals surface area contributed by atoms with E-state index in [2.05, 4.69) is 41.5 Å². The van der Waals surface area contributed by atoms with E-state index in [1.807, 2.05) is 0 Å². The van der Waals surface area contributed by atoms with Gasteiger partial charge in [0.25, 0.3) is 0 Å². The van der Waals surface area contributed by atoms with E-state index >= 15 is 0 Å². The van der Waals surface area contributed by atoms with Crippen LogP contribution in [0.25, 0.3) is 0 Å². The molecule has 0 radical (unpaired) electrons. The van der Waals surface area contributed by atoms with Crippen LogP contribution in [-0.2, 0) is 65.4 Å². The molecule has 3 N–H and O–H groups in total. The Morgan fingerprint density at radius 1 is 0.290 bits per heavy atom. The van der Waals surface area contributed by atoms with Gasteiger partial charge < -0.3 is 33.8 Å². The molecule has 5 atom stereocenters. The maximum Gasteiger partial charge on any atom is 0.472 e. The second-order valence-corrected chi connectivity index (χ2v) is 30.5. The van der Waals surface area contributed by atoms with Crippen molar-refractivity contribution in [3.05, 3.63) is 0 Å². The molecule has 0 aliphatic rings. The fraction of sp³-hybridized carbons (Fsp3) is 0.946. The molecule has 0 amide bonds. The van der Waals surface area contributed by atoms with Gasteiger partial charge in [0, 0.05) is 25.7 Å². The smallest absolute Gasteiger partial charge is 0.462 e. The number of carbonyl (C=O) groups excluding carboxylic acids is 4. The quantitative estimate of drug-likeness (QED) is 0.0222. The molecular formula is C74H144O17P2. The first-order chi connectivity index (χ1) is 44.9. The van der Waals surface area contributed by atoms with Gasteiger partial charge in [-0.1, -0.05) is 330 Å². The third kappa shape index (κ3) is 68.4. The van der Waals surface area contributed by atoms with Crippen molar-refractivity contribution >= 4 is 39.5 Å². The summed E-state index contributed by atoms with van der Waals surface area (Å²) in [7, 11) is -9.90. The Morgan fingerprint density at radius 2 is 0.495 bits per heavy atom. The first-order valence-electron chi connectivity index (χ1n) is 38.5. The van der Waals surface area contributed by atoms with Crippen LogP contribution in [0, 0.1) is 11.8 Å². The summed E-state index contributed by atoms with van der Waals surface area (Å²) in [4.78, 5) is 72.6. The van der Waals surface area contributed by atoms with Crippen LogP contribution in [0.2, 0.25) is 0 Å². The van der Waals surface area contributed by atoms with E-state index in [9.17, 15) is 43.2 Å². The highest BCUT2D eigenvalue weighted by Gasteiger charge is 2.30. The molecule has 0 aromatic carbocycles. The number of ether oxygens (including phenoxy) is 4. The van der Waals surface area contributed by atoms with E-state index in [-0.39, 0.29) is 25.7 Å². The van der Waals surface area contributed by atoms with Crippen LogP contribution in [-0.4, -0.2) is 96.7 Å². The Balaban J connectivity index is 5.20. The summed E-state index contributed by atoms with van der Waals surface area (Å²) in [6, 6.07) is 0. The molecule has 93 heavy (non-hydrogen) atoms. The Kier molecular flexibility index (Phi) is 64.6. The molecule has 0 spiro atoms. The van der Waals surface area contributed by atoms with Crippen molar-refractivity contribution in [1.82, 2.24) is 0 Å². The van der Waals surface area contributed by atoms with Gasteiger partial charge in [-0.15, -0.1) is 0 Å². The molecule has 0 saturated heterocycles. The summed E-state index contributed by atoms with van der Waals surface area (Å²) in [5, 5.41) is 10.6. The van der Waals surface area contributed by atoms with Crippen molar-refractivity contribution < 1.29 is 80.2 Å². The number of rotatable bonds is 73. The zero-order chi connectivity index (χ0) is 68.6. The van der Waals surface area contributed by atoms with Crippen LogP contribution in [0.1, 0.15) is 382 Å². The molecule has 0 aliphatic carbocycles. The summed E-state index contributed by atoms with van der Waals surface area (Å²) >= 11 is 0. The van der Waals surface area contributed by atoms with E-state index in [0.29, 0.717) is 25.7 Å². The Labute approximate surface area is 568 Å². The molecule has 552 valence electrons. The number of hydrogen-bond donors (Lipinski definition) is 3. The number of unbranched alkanes of at least 4 members (excludes halogenated alkanes) is 43. The maximum atomic E-state index is 13.1. The molecule has 2 unspecified atom stereocenters. The minimum atomic E-state index is -4.95. The minimum Gasteiger partial charge on any atom is -0.462 e. The zero-order valence-corrected chi connectivity index (χ0v) is 62.3. The Morgan fingerprint density at radius 3 is 0.731 bits per heavy atom. The fourth-order valence-corrected chi connectivity index (χ4v) is 12.9. The molecule has 0 heterocycles. The largest absolute Gasteiger partial charge is 0.472 e. The third-order valence-electron chi connectivity index (χ3n) is 17.2. The van der Waals surface area contributed by atoms with Crippen molar-refractivity contribution in [2.45, 2.75) is 400 Å². The first-order valence-corrected chi connectivity index (χ1v) is 41.5. The van der Waals surface area contributed by atoms with Crippen LogP contribution in [0.5, 0.6) is 0 Å². The van der Waals surface area contributed by atoms with Gasteiger partial charge in [0.1, 0.15) is 19.3 Å². The lowest BCUT2D eigenvalue weighted by atomic mass is 10.0. The van der Waals surface area contributed by atoms with Gasteiger partial charge in [-0.2, -0.15) is 0 Å². The molecule has 0 aromatic rings. The lowest BCUT2D eigenvalue weighted by molar-refractivity contribution is -0.161. The summed E-state index contributed by atoms with van der Waals surface area (Å²) in [5.41, 5.74) is 0. The van der Waals surface area contributed by atoms with E-state index in [4.69, 9.17) is 37.0 Å². The van der Waals surface area contributed by atoms with Crippen molar-refractivity contribution in [2.75, 3.05) is 39.6 Å². The number of aliphatic hydroxyl groups excluding tert-OH is 1. The molecule has 0 aliphatic heterocycles. The van der Waals surface area contributed by atoms with E-state index in [1.165, 1.54) is 186 Å². The normalized spacial score (nSPS) is 14.1. The number of hydrogen-bond acceptors (Lipinski definition) is 15. The van der Waals surface area contributed by atoms with E-state index in [1.54, 1.807) is 0 Å². The SMILES string of the molecule is CCCCCCCCCCCCCCCCCCCCC(=O)O[C@H](COC(=O)CCCCCCCCCCCCCC(C)C)COP(=O)(O)OC[C@@H](O)COP(=O)(O)OC[C@@H](COC(=O)CCCCCCCCC)OC(=O)CCCCCCCCCCCCCC(C)C. The average Bonchev–Trinajstić information content (AvgIpc) is 1.67. The molecule has 0 aromatic heterocycles. The summed E-state index contributed by atoms with van der Waals surface area (Å²) in [5.74, 6) is -0.586. The van der Waals surface area contributed by atoms with Gasteiger partial charge in [0.05, 0.1) is 26.4 Å². The van der Waals surface area contributed by atoms with Crippen LogP contribution in [0.4, 0.5) is 0 Å². The average molecular weight is 1370 g/mol. The third-order valence-corrected chi connectivity index (χ3v) is 19.1. The van der Waals surface area contributed by atoms with E-state index < -0.39 is 97.5 Å². The van der Waals surface area contributed by atoms with Crippen molar-refractivity contribution in [2.24, 2.45) is 11.8 Å². The topological polar surface area (TPSA) is 237 Å². The van der Waals surface area contributed by atoms with Crippen LogP contribution < -0.4 is 0 Å². The standard InChI is InChI=1S/C74H144O17P2/c1-7-9-11-13-15-16-17-18-19-20-21-22-23-28-34-40-46-52-58-73(78)91-70(63-85-72(77)57-51-45-39-33-29-24-26-31-37-42-48-54-66(3)4)65-89-93(82,83)87-61-68(75)60-86-92(80,81)88-64-69(62-84-71(76)56-50-44-36-14-12-10-8-2)90-74(79)59-53-47-41-35-30-25-27-32-38-43-49-55-67(5)6/h66-70,75H,7-65H2,1-6H3,(H,80,81)(H,82,83)/t68-,69+,70+/m0/s1. The fourth-order valence-electron chi connectivity index (χ4n) is 11.3. The molecule has 0 rings (SSSR count). The number of aliphatic hydroxyl groups is 1. The van der Waals surface area contributed by atoms with Crippen LogP contribution in [0.3, 0.4) is 0 Å². The summed E-state index contributed by atoms with van der Waals surface area (Å²) < 4.78 is 68.4. The molecule has 0 saturated carbocycles. The number of carbonyl (C=O) groups is 4. The lowest BCUT2D eigenvalue weighted by Crippen LogP contribution is -2.30. The highest BCUT2D eigenvalue weighted by molar-refractivity contribution is 7.47. The van der Waals surface area contributed by atoms with Gasteiger partial charge in [-0.05, 0) is 37.5 Å². The Hall–Kier alpha value is -1.94.